The first kappa shape index (κ1) is 11.1. The van der Waals surface area contributed by atoms with E-state index in [9.17, 15) is 14.0 Å². The van der Waals surface area contributed by atoms with Crippen LogP contribution in [0.3, 0.4) is 0 Å². The molecule has 2 saturated carbocycles. The summed E-state index contributed by atoms with van der Waals surface area (Å²) in [4.78, 5) is 26.2. The van der Waals surface area contributed by atoms with Crippen molar-refractivity contribution in [1.82, 2.24) is 0 Å². The number of fused-ring (bicyclic) bond motifs is 5. The molecule has 1 aromatic carbocycles. The highest BCUT2D eigenvalue weighted by Crippen LogP contribution is 2.56. The van der Waals surface area contributed by atoms with Crippen molar-refractivity contribution in [3.63, 3.8) is 0 Å². The molecule has 19 heavy (non-hydrogen) atoms. The molecule has 2 bridgehead atoms. The predicted molar refractivity (Wildman–Crippen MR) is 66.7 cm³/mol. The van der Waals surface area contributed by atoms with Gasteiger partial charge in [-0.25, -0.2) is 4.39 Å². The van der Waals surface area contributed by atoms with Crippen molar-refractivity contribution in [2.45, 2.75) is 19.3 Å². The Bertz CT molecular complexity index is 540. The molecule has 4 atom stereocenters. The molecule has 0 unspecified atom stereocenters. The van der Waals surface area contributed by atoms with Crippen LogP contribution in [-0.2, 0) is 9.59 Å². The van der Waals surface area contributed by atoms with E-state index in [1.165, 1.54) is 29.2 Å². The fourth-order valence-corrected chi connectivity index (χ4v) is 4.25. The Morgan fingerprint density at radius 2 is 1.47 bits per heavy atom. The van der Waals surface area contributed by atoms with Crippen molar-refractivity contribution in [3.05, 3.63) is 30.1 Å². The fraction of sp³-hybridized carbons (Fsp3) is 0.467. The molecule has 1 saturated heterocycles. The monoisotopic (exact) mass is 259 g/mol. The van der Waals surface area contributed by atoms with E-state index in [1.807, 2.05) is 0 Å². The number of carbonyl (C=O) groups excluding carboxylic acids is 2. The molecule has 4 heteroatoms. The van der Waals surface area contributed by atoms with Gasteiger partial charge in [-0.3, -0.25) is 14.5 Å². The van der Waals surface area contributed by atoms with Crippen LogP contribution in [-0.4, -0.2) is 11.8 Å². The minimum absolute atomic E-state index is 0.0752. The average molecular weight is 259 g/mol. The molecule has 0 spiro atoms. The molecule has 98 valence electrons. The molecule has 1 heterocycles. The number of amides is 2. The van der Waals surface area contributed by atoms with E-state index in [0.717, 1.165) is 19.3 Å². The van der Waals surface area contributed by atoms with Gasteiger partial charge in [0.05, 0.1) is 17.5 Å². The highest BCUT2D eigenvalue weighted by molar-refractivity contribution is 6.22. The van der Waals surface area contributed by atoms with Gasteiger partial charge in [-0.1, -0.05) is 0 Å². The van der Waals surface area contributed by atoms with E-state index in [-0.39, 0.29) is 29.5 Å². The van der Waals surface area contributed by atoms with Gasteiger partial charge in [-0.15, -0.1) is 0 Å². The van der Waals surface area contributed by atoms with Crippen LogP contribution in [0.15, 0.2) is 24.3 Å². The van der Waals surface area contributed by atoms with E-state index in [0.29, 0.717) is 17.5 Å². The molecule has 0 aromatic heterocycles. The van der Waals surface area contributed by atoms with Crippen LogP contribution >= 0.6 is 0 Å². The van der Waals surface area contributed by atoms with Gasteiger partial charge in [0.1, 0.15) is 5.82 Å². The predicted octanol–water partition coefficient (Wildman–Crippen LogP) is 2.36. The zero-order valence-electron chi connectivity index (χ0n) is 10.4. The molecule has 3 fully saturated rings. The Balaban J connectivity index is 1.73. The normalized spacial score (nSPS) is 36.2. The second-order valence-corrected chi connectivity index (χ2v) is 5.87. The Hall–Kier alpha value is -1.71. The number of nitrogens with zero attached hydrogens (tertiary/aromatic N) is 1. The van der Waals surface area contributed by atoms with Gasteiger partial charge >= 0.3 is 0 Å². The summed E-state index contributed by atoms with van der Waals surface area (Å²) in [6.45, 7) is 0. The summed E-state index contributed by atoms with van der Waals surface area (Å²) >= 11 is 0. The number of carbonyl (C=O) groups is 2. The van der Waals surface area contributed by atoms with Crippen LogP contribution in [0, 0.1) is 29.5 Å². The summed E-state index contributed by atoms with van der Waals surface area (Å²) in [5.41, 5.74) is 0.505. The smallest absolute Gasteiger partial charge is 0.237 e. The molecular weight excluding hydrogens is 245 g/mol. The van der Waals surface area contributed by atoms with Crippen molar-refractivity contribution >= 4 is 17.5 Å². The Morgan fingerprint density at radius 1 is 0.947 bits per heavy atom. The van der Waals surface area contributed by atoms with Crippen molar-refractivity contribution in [1.29, 1.82) is 0 Å². The molecule has 3 nitrogen and oxygen atoms in total. The lowest BCUT2D eigenvalue weighted by molar-refractivity contribution is -0.123. The van der Waals surface area contributed by atoms with Gasteiger partial charge in [-0.05, 0) is 55.4 Å². The number of halogens is 1. The number of rotatable bonds is 1. The van der Waals surface area contributed by atoms with E-state index >= 15 is 0 Å². The molecule has 0 radical (unpaired) electrons. The third kappa shape index (κ3) is 1.37. The first-order valence-corrected chi connectivity index (χ1v) is 6.80. The lowest BCUT2D eigenvalue weighted by Gasteiger charge is -2.19. The first-order valence-electron chi connectivity index (χ1n) is 6.80. The topological polar surface area (TPSA) is 37.4 Å². The maximum absolute atomic E-state index is 12.9. The van der Waals surface area contributed by atoms with Crippen LogP contribution in [0.1, 0.15) is 19.3 Å². The van der Waals surface area contributed by atoms with Crippen LogP contribution in [0.4, 0.5) is 10.1 Å². The second-order valence-electron chi connectivity index (χ2n) is 5.87. The zero-order chi connectivity index (χ0) is 13.1. The lowest BCUT2D eigenvalue weighted by Crippen LogP contribution is -2.32. The van der Waals surface area contributed by atoms with Crippen LogP contribution in [0.5, 0.6) is 0 Å². The summed E-state index contributed by atoms with van der Waals surface area (Å²) in [7, 11) is 0. The van der Waals surface area contributed by atoms with Gasteiger partial charge < -0.3 is 0 Å². The van der Waals surface area contributed by atoms with E-state index in [4.69, 9.17) is 0 Å². The summed E-state index contributed by atoms with van der Waals surface area (Å²) in [5.74, 6) is 0.0344. The maximum Gasteiger partial charge on any atom is 0.237 e. The third-order valence-corrected chi connectivity index (χ3v) is 5.01. The molecule has 1 aromatic rings. The van der Waals surface area contributed by atoms with Crippen molar-refractivity contribution in [2.75, 3.05) is 4.90 Å². The molecule has 2 aliphatic carbocycles. The summed E-state index contributed by atoms with van der Waals surface area (Å²) in [6, 6.07) is 5.60. The molecular formula is C15H14FNO2. The van der Waals surface area contributed by atoms with Gasteiger partial charge in [0.15, 0.2) is 0 Å². The number of hydrogen-bond acceptors (Lipinski definition) is 2. The SMILES string of the molecule is O=C1[C@@H]2[C@H]3CC[C@@H](C3)[C@H]2C(=O)N1c1ccc(F)cc1. The minimum atomic E-state index is -0.358. The van der Waals surface area contributed by atoms with Crippen LogP contribution in [0.25, 0.3) is 0 Å². The molecule has 4 rings (SSSR count). The molecule has 0 N–H and O–H groups in total. The zero-order valence-corrected chi connectivity index (χ0v) is 10.4. The van der Waals surface area contributed by atoms with Crippen molar-refractivity contribution < 1.29 is 14.0 Å². The Morgan fingerprint density at radius 3 is 2.00 bits per heavy atom. The van der Waals surface area contributed by atoms with E-state index < -0.39 is 0 Å². The quantitative estimate of drug-likeness (QED) is 0.726. The summed E-state index contributed by atoms with van der Waals surface area (Å²) in [6.07, 6.45) is 3.17. The number of hydrogen-bond donors (Lipinski definition) is 0. The van der Waals surface area contributed by atoms with E-state index in [1.54, 1.807) is 0 Å². The van der Waals surface area contributed by atoms with Gasteiger partial charge in [0, 0.05) is 0 Å². The number of anilines is 1. The fourth-order valence-electron chi connectivity index (χ4n) is 4.25. The van der Waals surface area contributed by atoms with Crippen molar-refractivity contribution in [2.24, 2.45) is 23.7 Å². The van der Waals surface area contributed by atoms with Gasteiger partial charge in [-0.2, -0.15) is 0 Å². The maximum atomic E-state index is 12.9. The highest BCUT2D eigenvalue weighted by Gasteiger charge is 2.61. The van der Waals surface area contributed by atoms with Gasteiger partial charge in [0.25, 0.3) is 0 Å². The second kappa shape index (κ2) is 3.65. The molecule has 2 amide bonds. The molecule has 3 aliphatic rings. The standard InChI is InChI=1S/C15H14FNO2/c16-10-3-5-11(6-4-10)17-14(18)12-8-1-2-9(7-8)13(12)15(17)19/h3-6,8-9,12-13H,1-2,7H2/t8-,9-,12+,13+/m0/s1. The number of imide groups is 1. The van der Waals surface area contributed by atoms with E-state index in [2.05, 4.69) is 0 Å². The Kier molecular flexibility index (Phi) is 2.14. The first-order chi connectivity index (χ1) is 9.16. The lowest BCUT2D eigenvalue weighted by atomic mass is 9.81. The number of benzene rings is 1. The van der Waals surface area contributed by atoms with Crippen LogP contribution < -0.4 is 4.90 Å². The average Bonchev–Trinajstić information content (AvgIpc) is 3.06. The summed E-state index contributed by atoms with van der Waals surface area (Å²) in [5, 5.41) is 0. The summed E-state index contributed by atoms with van der Waals surface area (Å²) < 4.78 is 12.9. The third-order valence-electron chi connectivity index (χ3n) is 5.01. The Labute approximate surface area is 110 Å². The highest BCUT2D eigenvalue weighted by atomic mass is 19.1. The van der Waals surface area contributed by atoms with Crippen molar-refractivity contribution in [3.8, 4) is 0 Å². The van der Waals surface area contributed by atoms with Crippen LogP contribution in [0.2, 0.25) is 0 Å². The minimum Gasteiger partial charge on any atom is -0.274 e. The molecule has 1 aliphatic heterocycles. The largest absolute Gasteiger partial charge is 0.274 e. The van der Waals surface area contributed by atoms with Gasteiger partial charge in [0.2, 0.25) is 11.8 Å².